The van der Waals surface area contributed by atoms with Crippen molar-refractivity contribution >= 4 is 23.2 Å². The van der Waals surface area contributed by atoms with E-state index in [1.807, 2.05) is 41.3 Å². The lowest BCUT2D eigenvalue weighted by Crippen LogP contribution is -2.41. The highest BCUT2D eigenvalue weighted by Gasteiger charge is 2.38. The van der Waals surface area contributed by atoms with Gasteiger partial charge in [-0.1, -0.05) is 36.4 Å². The number of carbonyl (C=O) groups excluding carboxylic acids is 2. The van der Waals surface area contributed by atoms with E-state index in [1.54, 1.807) is 24.3 Å². The first-order valence-corrected chi connectivity index (χ1v) is 13.0. The third-order valence-corrected chi connectivity index (χ3v) is 7.51. The number of amides is 2. The molecule has 2 amide bonds. The Labute approximate surface area is 217 Å². The molecule has 5 rings (SSSR count). The Hall–Kier alpha value is -3.71. The molecule has 1 aliphatic carbocycles. The third kappa shape index (κ3) is 6.35. The second-order valence-electron chi connectivity index (χ2n) is 10.1. The smallest absolute Gasteiger partial charge is 0.255 e. The third-order valence-electron chi connectivity index (χ3n) is 7.51. The van der Waals surface area contributed by atoms with Gasteiger partial charge < -0.3 is 21.3 Å². The number of hydrogen-bond acceptors (Lipinski definition) is 4. The van der Waals surface area contributed by atoms with Crippen LogP contribution in [-0.2, 0) is 11.2 Å². The Morgan fingerprint density at radius 3 is 2.35 bits per heavy atom. The number of para-hydroxylation sites is 2. The summed E-state index contributed by atoms with van der Waals surface area (Å²) < 4.78 is 13.1. The van der Waals surface area contributed by atoms with E-state index in [4.69, 9.17) is 5.73 Å². The van der Waals surface area contributed by atoms with Gasteiger partial charge >= 0.3 is 0 Å². The minimum atomic E-state index is -0.235. The number of nitrogen functional groups attached to an aromatic ring is 1. The molecule has 1 heterocycles. The maximum atomic E-state index is 13.1. The zero-order chi connectivity index (χ0) is 25.8. The van der Waals surface area contributed by atoms with E-state index in [0.29, 0.717) is 41.2 Å². The van der Waals surface area contributed by atoms with Crippen LogP contribution in [0.3, 0.4) is 0 Å². The number of benzene rings is 3. The number of rotatable bonds is 8. The lowest BCUT2D eigenvalue weighted by molar-refractivity contribution is -0.131. The van der Waals surface area contributed by atoms with Gasteiger partial charge in [-0.2, -0.15) is 0 Å². The summed E-state index contributed by atoms with van der Waals surface area (Å²) in [6.45, 7) is 2.51. The number of nitrogens with two attached hydrogens (primary N) is 1. The first-order chi connectivity index (χ1) is 18.0. The van der Waals surface area contributed by atoms with E-state index in [1.165, 1.54) is 17.7 Å². The molecule has 2 fully saturated rings. The molecular formula is C30H33FN4O2. The van der Waals surface area contributed by atoms with Gasteiger partial charge in [0.25, 0.3) is 5.91 Å². The Bertz CT molecular complexity index is 1240. The second kappa shape index (κ2) is 11.1. The molecule has 2 atom stereocenters. The van der Waals surface area contributed by atoms with Crippen molar-refractivity contribution in [1.82, 2.24) is 10.2 Å². The zero-order valence-corrected chi connectivity index (χ0v) is 20.8. The average Bonchev–Trinajstić information content (AvgIpc) is 3.69. The molecule has 1 saturated carbocycles. The first-order valence-electron chi connectivity index (χ1n) is 13.0. The fourth-order valence-electron chi connectivity index (χ4n) is 5.07. The summed E-state index contributed by atoms with van der Waals surface area (Å²) in [5, 5.41) is 6.49. The minimum absolute atomic E-state index is 0.124. The fourth-order valence-corrected chi connectivity index (χ4v) is 5.07. The van der Waals surface area contributed by atoms with E-state index in [0.717, 1.165) is 44.5 Å². The molecule has 6 nitrogen and oxygen atoms in total. The van der Waals surface area contributed by atoms with Crippen molar-refractivity contribution < 1.29 is 14.0 Å². The van der Waals surface area contributed by atoms with Crippen LogP contribution >= 0.6 is 0 Å². The van der Waals surface area contributed by atoms with E-state index in [2.05, 4.69) is 10.6 Å². The highest BCUT2D eigenvalue weighted by Crippen LogP contribution is 2.41. The summed E-state index contributed by atoms with van der Waals surface area (Å²) in [6.07, 6.45) is 3.42. The van der Waals surface area contributed by atoms with E-state index < -0.39 is 0 Å². The zero-order valence-electron chi connectivity index (χ0n) is 20.8. The lowest BCUT2D eigenvalue weighted by Gasteiger charge is -2.32. The Kier molecular flexibility index (Phi) is 7.51. The number of halogens is 1. The summed E-state index contributed by atoms with van der Waals surface area (Å²) in [7, 11) is 0. The van der Waals surface area contributed by atoms with Crippen LogP contribution in [0.15, 0.2) is 72.8 Å². The van der Waals surface area contributed by atoms with Crippen molar-refractivity contribution in [2.45, 2.75) is 37.6 Å². The number of carbonyl (C=O) groups is 2. The van der Waals surface area contributed by atoms with Crippen LogP contribution < -0.4 is 16.4 Å². The van der Waals surface area contributed by atoms with Crippen LogP contribution in [-0.4, -0.2) is 42.4 Å². The molecule has 2 unspecified atom stereocenters. The molecule has 0 radical (unpaired) electrons. The number of hydrogen-bond donors (Lipinski definition) is 3. The highest BCUT2D eigenvalue weighted by molar-refractivity contribution is 6.05. The van der Waals surface area contributed by atoms with Gasteiger partial charge in [-0.05, 0) is 79.3 Å². The van der Waals surface area contributed by atoms with Crippen LogP contribution in [0.2, 0.25) is 0 Å². The fraction of sp³-hybridized carbons (Fsp3) is 0.333. The van der Waals surface area contributed by atoms with Gasteiger partial charge in [-0.15, -0.1) is 0 Å². The SMILES string of the molecule is Nc1ccccc1NC(=O)c1ccc(CC(=O)N2CCC(CNC3CC3c3ccc(F)cc3)CC2)cc1. The topological polar surface area (TPSA) is 87.5 Å². The molecule has 192 valence electrons. The van der Waals surface area contributed by atoms with Crippen LogP contribution in [0.1, 0.15) is 46.7 Å². The van der Waals surface area contributed by atoms with Crippen LogP contribution in [0.4, 0.5) is 15.8 Å². The summed E-state index contributed by atoms with van der Waals surface area (Å²) in [5.41, 5.74) is 9.61. The molecule has 3 aromatic carbocycles. The van der Waals surface area contributed by atoms with Crippen molar-refractivity contribution in [2.75, 3.05) is 30.7 Å². The number of nitrogens with zero attached hydrogens (tertiary/aromatic N) is 1. The largest absolute Gasteiger partial charge is 0.397 e. The van der Waals surface area contributed by atoms with Gasteiger partial charge in [-0.3, -0.25) is 9.59 Å². The molecule has 0 aromatic heterocycles. The van der Waals surface area contributed by atoms with Crippen molar-refractivity contribution in [2.24, 2.45) is 5.92 Å². The van der Waals surface area contributed by atoms with Crippen molar-refractivity contribution in [3.05, 3.63) is 95.3 Å². The standard InChI is InChI=1S/C30H33FN4O2/c31-24-11-9-22(10-12-24)25-18-28(25)33-19-21-13-15-35(16-14-21)29(36)17-20-5-7-23(8-6-20)30(37)34-27-4-2-1-3-26(27)32/h1-12,21,25,28,33H,13-19,32H2,(H,34,37). The summed E-state index contributed by atoms with van der Waals surface area (Å²) in [6, 6.07) is 21.6. The molecule has 0 bridgehead atoms. The van der Waals surface area contributed by atoms with Crippen LogP contribution in [0.5, 0.6) is 0 Å². The highest BCUT2D eigenvalue weighted by atomic mass is 19.1. The van der Waals surface area contributed by atoms with Crippen molar-refractivity contribution in [1.29, 1.82) is 0 Å². The van der Waals surface area contributed by atoms with E-state index in [9.17, 15) is 14.0 Å². The van der Waals surface area contributed by atoms with Gasteiger partial charge in [0.2, 0.25) is 5.91 Å². The lowest BCUT2D eigenvalue weighted by atomic mass is 9.96. The van der Waals surface area contributed by atoms with Gasteiger partial charge in [0.1, 0.15) is 5.82 Å². The Morgan fingerprint density at radius 1 is 0.946 bits per heavy atom. The Balaban J connectivity index is 1.03. The van der Waals surface area contributed by atoms with Gasteiger partial charge in [0, 0.05) is 30.6 Å². The maximum Gasteiger partial charge on any atom is 0.255 e. The van der Waals surface area contributed by atoms with Gasteiger partial charge in [0.05, 0.1) is 17.8 Å². The molecule has 1 aliphatic heterocycles. The van der Waals surface area contributed by atoms with Gasteiger partial charge in [0.15, 0.2) is 0 Å². The minimum Gasteiger partial charge on any atom is -0.397 e. The first kappa shape index (κ1) is 25.0. The number of nitrogens with one attached hydrogen (secondary N) is 2. The summed E-state index contributed by atoms with van der Waals surface area (Å²) >= 11 is 0. The predicted octanol–water partition coefficient (Wildman–Crippen LogP) is 4.59. The average molecular weight is 501 g/mol. The number of anilines is 2. The molecule has 1 saturated heterocycles. The molecule has 37 heavy (non-hydrogen) atoms. The molecular weight excluding hydrogens is 467 g/mol. The monoisotopic (exact) mass is 500 g/mol. The molecule has 7 heteroatoms. The van der Waals surface area contributed by atoms with Crippen molar-refractivity contribution in [3.63, 3.8) is 0 Å². The van der Waals surface area contributed by atoms with Crippen LogP contribution in [0.25, 0.3) is 0 Å². The molecule has 0 spiro atoms. The maximum absolute atomic E-state index is 13.1. The van der Waals surface area contributed by atoms with Crippen LogP contribution in [0, 0.1) is 11.7 Å². The molecule has 3 aromatic rings. The quantitative estimate of drug-likeness (QED) is 0.395. The normalized spacial score (nSPS) is 19.4. The molecule has 4 N–H and O–H groups in total. The van der Waals surface area contributed by atoms with Gasteiger partial charge in [-0.25, -0.2) is 4.39 Å². The van der Waals surface area contributed by atoms with E-state index in [-0.39, 0.29) is 17.6 Å². The second-order valence-corrected chi connectivity index (χ2v) is 10.1. The predicted molar refractivity (Wildman–Crippen MR) is 144 cm³/mol. The molecule has 2 aliphatic rings. The van der Waals surface area contributed by atoms with Crippen molar-refractivity contribution in [3.8, 4) is 0 Å². The summed E-state index contributed by atoms with van der Waals surface area (Å²) in [5.74, 6) is 0.747. The van der Waals surface area contributed by atoms with E-state index >= 15 is 0 Å². The summed E-state index contributed by atoms with van der Waals surface area (Å²) in [4.78, 5) is 27.3. The Morgan fingerprint density at radius 2 is 1.65 bits per heavy atom. The number of likely N-dealkylation sites (tertiary alicyclic amines) is 1. The number of piperidine rings is 1.